The van der Waals surface area contributed by atoms with E-state index in [-0.39, 0.29) is 17.5 Å². The Kier molecular flexibility index (Phi) is 8.04. The van der Waals surface area contributed by atoms with Crippen molar-refractivity contribution in [2.24, 2.45) is 5.41 Å². The lowest BCUT2D eigenvalue weighted by Crippen LogP contribution is -2.43. The third-order valence-electron chi connectivity index (χ3n) is 12.2. The van der Waals surface area contributed by atoms with Crippen LogP contribution in [0.1, 0.15) is 71.7 Å². The van der Waals surface area contributed by atoms with Crippen LogP contribution in [0, 0.1) is 12.3 Å². The van der Waals surface area contributed by atoms with Gasteiger partial charge in [0.05, 0.1) is 17.6 Å². The predicted octanol–water partition coefficient (Wildman–Crippen LogP) is 12.1. The van der Waals surface area contributed by atoms with Crippen molar-refractivity contribution >= 4 is 39.1 Å². The third-order valence-corrected chi connectivity index (χ3v) is 12.2. The predicted molar refractivity (Wildman–Crippen MR) is 226 cm³/mol. The van der Waals surface area contributed by atoms with Crippen LogP contribution in [0.4, 0.5) is 5.69 Å². The summed E-state index contributed by atoms with van der Waals surface area (Å²) in [5.74, 6) is 2.00. The summed E-state index contributed by atoms with van der Waals surface area (Å²) in [6.45, 7) is 20.0. The number of allylic oxidation sites excluding steroid dienone is 3. The summed E-state index contributed by atoms with van der Waals surface area (Å²) in [5.41, 5.74) is 14.9. The largest absolute Gasteiger partial charge is 0.455 e. The Balaban J connectivity index is 1.40. The molecule has 0 spiro atoms. The van der Waals surface area contributed by atoms with Crippen molar-refractivity contribution in [1.82, 2.24) is 13.8 Å². The van der Waals surface area contributed by atoms with E-state index >= 15 is 0 Å². The molecule has 0 N–H and O–H groups in total. The Hall–Kier alpha value is -5.68. The average molecular weight is 711 g/mol. The van der Waals surface area contributed by atoms with Gasteiger partial charge in [-0.2, -0.15) is 0 Å². The Bertz CT molecular complexity index is 2730. The molecule has 7 aromatic rings. The van der Waals surface area contributed by atoms with Crippen LogP contribution in [0.5, 0.6) is 11.5 Å². The Morgan fingerprint density at radius 1 is 0.685 bits per heavy atom. The molecule has 2 aliphatic heterocycles. The van der Waals surface area contributed by atoms with Crippen LogP contribution >= 0.6 is 0 Å². The van der Waals surface area contributed by atoms with Gasteiger partial charge in [-0.3, -0.25) is 13.8 Å². The second-order valence-electron chi connectivity index (χ2n) is 16.4. The maximum absolute atomic E-state index is 7.18. The number of para-hydroxylation sites is 1. The normalized spacial score (nSPS) is 19.1. The van der Waals surface area contributed by atoms with Crippen molar-refractivity contribution < 1.29 is 4.74 Å². The zero-order valence-corrected chi connectivity index (χ0v) is 32.8. The quantitative estimate of drug-likeness (QED) is 0.167. The monoisotopic (exact) mass is 710 g/mol. The maximum Gasteiger partial charge on any atom is 0.154 e. The number of anilines is 1. The van der Waals surface area contributed by atoms with Gasteiger partial charge in [0.2, 0.25) is 0 Å². The molecule has 9 rings (SSSR count). The molecule has 0 amide bonds. The number of ether oxygens (including phenoxy) is 1. The van der Waals surface area contributed by atoms with Crippen LogP contribution in [-0.4, -0.2) is 20.3 Å². The number of hydrogen-bond donors (Lipinski definition) is 0. The SMILES string of the molecule is C/C1=C(\C)C(C)c2cccc(c2C)Oc2ccc3c4ccccc4n4c5n(n(c2c34)C(C)N(c2ccc(-c3ccccc3)cc2)C1)CC=C(C(C)(C)C)C=5. The van der Waals surface area contributed by atoms with E-state index in [1.165, 1.54) is 71.9 Å². The Morgan fingerprint density at radius 3 is 2.17 bits per heavy atom. The molecule has 2 aliphatic rings. The summed E-state index contributed by atoms with van der Waals surface area (Å²) < 4.78 is 14.7. The lowest BCUT2D eigenvalue weighted by atomic mass is 9.85. The lowest BCUT2D eigenvalue weighted by Gasteiger charge is -2.38. The molecule has 0 saturated carbocycles. The molecular weight excluding hydrogens is 661 g/mol. The molecule has 0 fully saturated rings. The summed E-state index contributed by atoms with van der Waals surface area (Å²) >= 11 is 0. The smallest absolute Gasteiger partial charge is 0.154 e. The van der Waals surface area contributed by atoms with Gasteiger partial charge in [0.15, 0.2) is 5.75 Å². The van der Waals surface area contributed by atoms with E-state index in [1.807, 2.05) is 0 Å². The molecule has 5 heteroatoms. The highest BCUT2D eigenvalue weighted by Gasteiger charge is 2.30. The summed E-state index contributed by atoms with van der Waals surface area (Å²) in [6.07, 6.45) is 4.74. The van der Waals surface area contributed by atoms with Gasteiger partial charge in [0.1, 0.15) is 22.9 Å². The average Bonchev–Trinajstić information content (AvgIpc) is 3.52. The van der Waals surface area contributed by atoms with E-state index < -0.39 is 0 Å². The molecule has 272 valence electrons. The first-order chi connectivity index (χ1) is 26.0. The van der Waals surface area contributed by atoms with Crippen LogP contribution in [0.15, 0.2) is 132 Å². The fraction of sp³-hybridized carbons (Fsp3) is 0.265. The molecule has 2 aromatic heterocycles. The maximum atomic E-state index is 7.18. The van der Waals surface area contributed by atoms with E-state index in [0.29, 0.717) is 0 Å². The van der Waals surface area contributed by atoms with Gasteiger partial charge in [0, 0.05) is 28.9 Å². The van der Waals surface area contributed by atoms with Crippen molar-refractivity contribution in [2.75, 3.05) is 11.4 Å². The molecule has 0 radical (unpaired) electrons. The number of benzene rings is 5. The molecule has 4 heterocycles. The van der Waals surface area contributed by atoms with Gasteiger partial charge in [-0.15, -0.1) is 0 Å². The topological polar surface area (TPSA) is 26.7 Å². The van der Waals surface area contributed by atoms with Crippen molar-refractivity contribution in [3.63, 3.8) is 0 Å². The van der Waals surface area contributed by atoms with Crippen molar-refractivity contribution in [3.8, 4) is 22.6 Å². The number of fused-ring (bicyclic) bond motifs is 8. The number of nitrogens with zero attached hydrogens (tertiary/aromatic N) is 4. The zero-order chi connectivity index (χ0) is 37.5. The van der Waals surface area contributed by atoms with Crippen LogP contribution < -0.4 is 15.1 Å². The molecule has 0 aliphatic carbocycles. The van der Waals surface area contributed by atoms with Gasteiger partial charge < -0.3 is 9.64 Å². The van der Waals surface area contributed by atoms with Crippen LogP contribution in [0.25, 0.3) is 44.5 Å². The Labute approximate surface area is 318 Å². The Morgan fingerprint density at radius 2 is 1.41 bits per heavy atom. The summed E-state index contributed by atoms with van der Waals surface area (Å²) in [7, 11) is 0. The molecule has 54 heavy (non-hydrogen) atoms. The van der Waals surface area contributed by atoms with Crippen LogP contribution in [0.2, 0.25) is 0 Å². The van der Waals surface area contributed by atoms with Gasteiger partial charge >= 0.3 is 0 Å². The van der Waals surface area contributed by atoms with Gasteiger partial charge in [-0.25, -0.2) is 0 Å². The number of hydrogen-bond acceptors (Lipinski definition) is 2. The fourth-order valence-corrected chi connectivity index (χ4v) is 8.88. The first-order valence-corrected chi connectivity index (χ1v) is 19.4. The van der Waals surface area contributed by atoms with Gasteiger partial charge in [-0.1, -0.05) is 118 Å². The summed E-state index contributed by atoms with van der Waals surface area (Å²) in [5, 5.41) is 2.47. The standard InChI is InChI=1S/C49H50N4O/c1-31-30-50(39-23-21-37(22-24-39)36-15-10-9-11-16-36)35(5)53-48-45(54-44-20-14-18-40(34(44)4)33(3)32(31)2)26-25-42-41-17-12-13-19-43(41)52(47(42)48)46-29-38(49(6,7)8)27-28-51(46)53/h9-27,29,33,35H,28,30H2,1-8H3/b32-31-. The van der Waals surface area contributed by atoms with Gasteiger partial charge in [0.25, 0.3) is 0 Å². The molecule has 2 bridgehead atoms. The minimum Gasteiger partial charge on any atom is -0.455 e. The third kappa shape index (κ3) is 5.35. The first-order valence-electron chi connectivity index (χ1n) is 19.4. The molecule has 2 unspecified atom stereocenters. The molecular formula is C49H50N4O. The fourth-order valence-electron chi connectivity index (χ4n) is 8.88. The number of aromatic nitrogens is 3. The minimum absolute atomic E-state index is 0.00328. The van der Waals surface area contributed by atoms with E-state index in [9.17, 15) is 0 Å². The first kappa shape index (κ1) is 34.1. The van der Waals surface area contributed by atoms with E-state index in [4.69, 9.17) is 4.74 Å². The molecule has 0 saturated heterocycles. The second-order valence-corrected chi connectivity index (χ2v) is 16.4. The lowest BCUT2D eigenvalue weighted by molar-refractivity contribution is 0.374. The van der Waals surface area contributed by atoms with Crippen LogP contribution in [-0.2, 0) is 6.54 Å². The summed E-state index contributed by atoms with van der Waals surface area (Å²) in [6, 6.07) is 39.7. The van der Waals surface area contributed by atoms with E-state index in [1.54, 1.807) is 0 Å². The summed E-state index contributed by atoms with van der Waals surface area (Å²) in [4.78, 5) is 2.59. The van der Waals surface area contributed by atoms with E-state index in [2.05, 4.69) is 195 Å². The zero-order valence-electron chi connectivity index (χ0n) is 32.8. The van der Waals surface area contributed by atoms with Crippen molar-refractivity contribution in [2.45, 2.75) is 74.0 Å². The minimum atomic E-state index is -0.0942. The van der Waals surface area contributed by atoms with Gasteiger partial charge in [-0.05, 0) is 103 Å². The molecule has 5 nitrogen and oxygen atoms in total. The van der Waals surface area contributed by atoms with Crippen molar-refractivity contribution in [3.05, 3.63) is 149 Å². The highest BCUT2D eigenvalue weighted by molar-refractivity contribution is 6.14. The van der Waals surface area contributed by atoms with Crippen molar-refractivity contribution in [1.29, 1.82) is 0 Å². The number of rotatable bonds is 2. The molecule has 2 atom stereocenters. The highest BCUT2D eigenvalue weighted by Crippen LogP contribution is 2.43. The highest BCUT2D eigenvalue weighted by atomic mass is 16.5. The van der Waals surface area contributed by atoms with E-state index in [0.717, 1.165) is 30.1 Å². The second kappa shape index (κ2) is 12.7. The molecule has 5 aromatic carbocycles. The van der Waals surface area contributed by atoms with Crippen LogP contribution in [0.3, 0.4) is 0 Å².